The Balaban J connectivity index is 1.62. The van der Waals surface area contributed by atoms with Crippen molar-refractivity contribution in [3.63, 3.8) is 0 Å². The first-order valence-corrected chi connectivity index (χ1v) is 8.91. The molecule has 0 N–H and O–H groups in total. The van der Waals surface area contributed by atoms with Gasteiger partial charge in [0.05, 0.1) is 14.2 Å². The standard InChI is InChI=1S/C23H21NO5/c1-26-19-4-3-5-20(15-19)28-16-23(25)29-21-9-8-18(14-22(21)27-2)7-6-17-10-12-24-13-11-17/h3-15H,16H2,1-2H3/b7-6+. The lowest BCUT2D eigenvalue weighted by Gasteiger charge is -2.11. The summed E-state index contributed by atoms with van der Waals surface area (Å²) in [5.74, 6) is 1.41. The lowest BCUT2D eigenvalue weighted by atomic mass is 10.1. The highest BCUT2D eigenvalue weighted by Crippen LogP contribution is 2.29. The van der Waals surface area contributed by atoms with Crippen molar-refractivity contribution in [1.29, 1.82) is 0 Å². The summed E-state index contributed by atoms with van der Waals surface area (Å²) < 4.78 is 21.3. The van der Waals surface area contributed by atoms with Crippen molar-refractivity contribution >= 4 is 18.1 Å². The molecule has 1 aromatic heterocycles. The highest BCUT2D eigenvalue weighted by Gasteiger charge is 2.11. The third-order valence-corrected chi connectivity index (χ3v) is 3.98. The summed E-state index contributed by atoms with van der Waals surface area (Å²) in [4.78, 5) is 16.1. The summed E-state index contributed by atoms with van der Waals surface area (Å²) in [6.07, 6.45) is 7.37. The largest absolute Gasteiger partial charge is 0.497 e. The summed E-state index contributed by atoms with van der Waals surface area (Å²) in [6.45, 7) is -0.236. The first kappa shape index (κ1) is 19.9. The zero-order chi connectivity index (χ0) is 20.5. The molecule has 0 unspecified atom stereocenters. The van der Waals surface area contributed by atoms with Gasteiger partial charge in [-0.1, -0.05) is 24.3 Å². The van der Waals surface area contributed by atoms with Crippen LogP contribution in [-0.4, -0.2) is 31.8 Å². The van der Waals surface area contributed by atoms with Crippen molar-refractivity contribution in [3.8, 4) is 23.0 Å². The molecule has 0 aliphatic heterocycles. The molecular weight excluding hydrogens is 370 g/mol. The minimum atomic E-state index is -0.536. The second-order valence-electron chi connectivity index (χ2n) is 5.97. The number of methoxy groups -OCH3 is 2. The van der Waals surface area contributed by atoms with Gasteiger partial charge in [0.1, 0.15) is 11.5 Å². The number of ether oxygens (including phenoxy) is 4. The molecule has 0 radical (unpaired) electrons. The average Bonchev–Trinajstić information content (AvgIpc) is 2.77. The third kappa shape index (κ3) is 5.84. The van der Waals surface area contributed by atoms with E-state index in [9.17, 15) is 4.79 Å². The summed E-state index contributed by atoms with van der Waals surface area (Å²) in [7, 11) is 3.09. The molecule has 148 valence electrons. The van der Waals surface area contributed by atoms with E-state index in [1.165, 1.54) is 7.11 Å². The molecule has 0 spiro atoms. The number of hydrogen-bond acceptors (Lipinski definition) is 6. The number of pyridine rings is 1. The zero-order valence-electron chi connectivity index (χ0n) is 16.2. The van der Waals surface area contributed by atoms with Crippen LogP contribution in [0, 0.1) is 0 Å². The van der Waals surface area contributed by atoms with Crippen LogP contribution in [0.3, 0.4) is 0 Å². The summed E-state index contributed by atoms with van der Waals surface area (Å²) in [5.41, 5.74) is 1.94. The van der Waals surface area contributed by atoms with Crippen LogP contribution in [0.5, 0.6) is 23.0 Å². The predicted molar refractivity (Wildman–Crippen MR) is 110 cm³/mol. The van der Waals surface area contributed by atoms with Crippen LogP contribution in [0.1, 0.15) is 11.1 Å². The van der Waals surface area contributed by atoms with E-state index in [4.69, 9.17) is 18.9 Å². The summed E-state index contributed by atoms with van der Waals surface area (Å²) >= 11 is 0. The summed E-state index contributed by atoms with van der Waals surface area (Å²) in [5, 5.41) is 0. The second kappa shape index (κ2) is 9.94. The molecule has 0 amide bonds. The van der Waals surface area contributed by atoms with Crippen molar-refractivity contribution in [1.82, 2.24) is 4.98 Å². The smallest absolute Gasteiger partial charge is 0.349 e. The number of rotatable bonds is 8. The molecule has 3 aromatic rings. The molecule has 0 saturated heterocycles. The van der Waals surface area contributed by atoms with Crippen molar-refractivity contribution in [3.05, 3.63) is 78.1 Å². The lowest BCUT2D eigenvalue weighted by molar-refractivity contribution is -0.136. The van der Waals surface area contributed by atoms with Crippen molar-refractivity contribution in [2.75, 3.05) is 20.8 Å². The molecule has 0 fully saturated rings. The van der Waals surface area contributed by atoms with E-state index in [-0.39, 0.29) is 6.61 Å². The fourth-order valence-electron chi connectivity index (χ4n) is 2.52. The number of nitrogens with zero attached hydrogens (tertiary/aromatic N) is 1. The van der Waals surface area contributed by atoms with Crippen LogP contribution in [0.15, 0.2) is 67.0 Å². The Hall–Kier alpha value is -3.80. The molecule has 0 saturated carbocycles. The van der Waals surface area contributed by atoms with Gasteiger partial charge < -0.3 is 18.9 Å². The van der Waals surface area contributed by atoms with Crippen LogP contribution >= 0.6 is 0 Å². The monoisotopic (exact) mass is 391 g/mol. The van der Waals surface area contributed by atoms with E-state index in [1.807, 2.05) is 30.4 Å². The molecule has 0 atom stereocenters. The van der Waals surface area contributed by atoms with Gasteiger partial charge in [0.2, 0.25) is 0 Å². The second-order valence-corrected chi connectivity index (χ2v) is 5.97. The Kier molecular flexibility index (Phi) is 6.84. The number of carbonyl (C=O) groups excluding carboxylic acids is 1. The molecule has 1 heterocycles. The van der Waals surface area contributed by atoms with Gasteiger partial charge in [-0.05, 0) is 47.5 Å². The average molecular weight is 391 g/mol. The van der Waals surface area contributed by atoms with Crippen molar-refractivity contribution in [2.24, 2.45) is 0 Å². The SMILES string of the molecule is COc1cccc(OCC(=O)Oc2ccc(/C=C/c3ccncc3)cc2OC)c1. The van der Waals surface area contributed by atoms with Gasteiger partial charge in [-0.3, -0.25) is 4.98 Å². The minimum Gasteiger partial charge on any atom is -0.497 e. The van der Waals surface area contributed by atoms with Gasteiger partial charge in [0.15, 0.2) is 18.1 Å². The fourth-order valence-corrected chi connectivity index (χ4v) is 2.52. The quantitative estimate of drug-likeness (QED) is 0.422. The van der Waals surface area contributed by atoms with Crippen molar-refractivity contribution in [2.45, 2.75) is 0 Å². The molecule has 29 heavy (non-hydrogen) atoms. The molecule has 2 aromatic carbocycles. The maximum Gasteiger partial charge on any atom is 0.349 e. The molecule has 0 aliphatic rings. The molecule has 6 heteroatoms. The number of carbonyl (C=O) groups is 1. The van der Waals surface area contributed by atoms with E-state index >= 15 is 0 Å². The molecule has 6 nitrogen and oxygen atoms in total. The number of hydrogen-bond donors (Lipinski definition) is 0. The van der Waals surface area contributed by atoms with Gasteiger partial charge in [-0.15, -0.1) is 0 Å². The first-order chi connectivity index (χ1) is 14.2. The molecule has 3 rings (SSSR count). The lowest BCUT2D eigenvalue weighted by Crippen LogP contribution is -2.18. The normalized spacial score (nSPS) is 10.6. The number of benzene rings is 2. The topological polar surface area (TPSA) is 66.9 Å². The Morgan fingerprint density at radius 2 is 1.62 bits per heavy atom. The van der Waals surface area contributed by atoms with Gasteiger partial charge in [0, 0.05) is 18.5 Å². The van der Waals surface area contributed by atoms with Gasteiger partial charge in [0.25, 0.3) is 0 Å². The van der Waals surface area contributed by atoms with Crippen LogP contribution in [-0.2, 0) is 4.79 Å². The van der Waals surface area contributed by atoms with Crippen LogP contribution in [0.25, 0.3) is 12.2 Å². The molecule has 0 aliphatic carbocycles. The van der Waals surface area contributed by atoms with Crippen LogP contribution in [0.4, 0.5) is 0 Å². The maximum absolute atomic E-state index is 12.2. The minimum absolute atomic E-state index is 0.236. The number of esters is 1. The van der Waals surface area contributed by atoms with Crippen molar-refractivity contribution < 1.29 is 23.7 Å². The predicted octanol–water partition coefficient (Wildman–Crippen LogP) is 4.25. The van der Waals surface area contributed by atoms with Crippen LogP contribution in [0.2, 0.25) is 0 Å². The Labute approximate surface area is 169 Å². The number of aromatic nitrogens is 1. The maximum atomic E-state index is 12.2. The van der Waals surface area contributed by atoms with E-state index in [0.717, 1.165) is 11.1 Å². The first-order valence-electron chi connectivity index (χ1n) is 8.91. The van der Waals surface area contributed by atoms with Crippen LogP contribution < -0.4 is 18.9 Å². The highest BCUT2D eigenvalue weighted by atomic mass is 16.6. The highest BCUT2D eigenvalue weighted by molar-refractivity contribution is 5.76. The van der Waals surface area contributed by atoms with E-state index in [0.29, 0.717) is 23.0 Å². The molecular formula is C23H21NO5. The Morgan fingerprint density at radius 3 is 2.38 bits per heavy atom. The van der Waals surface area contributed by atoms with Gasteiger partial charge >= 0.3 is 5.97 Å². The Morgan fingerprint density at radius 1 is 0.862 bits per heavy atom. The third-order valence-electron chi connectivity index (χ3n) is 3.98. The van der Waals surface area contributed by atoms with E-state index < -0.39 is 5.97 Å². The Bertz CT molecular complexity index is 986. The van der Waals surface area contributed by atoms with E-state index in [2.05, 4.69) is 4.98 Å². The molecule has 0 bridgehead atoms. The summed E-state index contributed by atoms with van der Waals surface area (Å²) in [6, 6.07) is 16.1. The van der Waals surface area contributed by atoms with Gasteiger partial charge in [-0.2, -0.15) is 0 Å². The van der Waals surface area contributed by atoms with Gasteiger partial charge in [-0.25, -0.2) is 4.79 Å². The zero-order valence-corrected chi connectivity index (χ0v) is 16.2. The van der Waals surface area contributed by atoms with E-state index in [1.54, 1.807) is 55.9 Å². The fraction of sp³-hybridized carbons (Fsp3) is 0.130.